The summed E-state index contributed by atoms with van der Waals surface area (Å²) in [7, 11) is 0. The first kappa shape index (κ1) is 15.4. The number of Topliss-reactive ketones (excluding diaryl/α,β-unsaturated/α-hetero) is 2. The van der Waals surface area contributed by atoms with Crippen LogP contribution in [0.3, 0.4) is 0 Å². The second kappa shape index (κ2) is 6.89. The van der Waals surface area contributed by atoms with E-state index in [0.29, 0.717) is 0 Å². The monoisotopic (exact) mass is 260 g/mol. The molecule has 0 atom stereocenters. The normalized spacial score (nSPS) is 9.33. The van der Waals surface area contributed by atoms with Crippen molar-refractivity contribution in [1.29, 1.82) is 0 Å². The number of hydrogen-bond donors (Lipinski definition) is 2. The Morgan fingerprint density at radius 2 is 1.28 bits per heavy atom. The van der Waals surface area contributed by atoms with Crippen molar-refractivity contribution < 1.29 is 43.7 Å². The Morgan fingerprint density at radius 1 is 0.778 bits per heavy atom. The van der Waals surface area contributed by atoms with E-state index in [4.69, 9.17) is 10.2 Å². The molecule has 2 N–H and O–H groups in total. The Morgan fingerprint density at radius 3 is 1.72 bits per heavy atom. The summed E-state index contributed by atoms with van der Waals surface area (Å²) in [5.74, 6) is -8.52. The summed E-state index contributed by atoms with van der Waals surface area (Å²) < 4.78 is 3.95. The van der Waals surface area contributed by atoms with Gasteiger partial charge in [0, 0.05) is 0 Å². The number of carbonyl (C=O) groups excluding carboxylic acids is 4. The first-order valence-corrected chi connectivity index (χ1v) is 4.45. The lowest BCUT2D eigenvalue weighted by atomic mass is 10.2. The molecule has 0 aromatic heterocycles. The minimum Gasteiger partial charge on any atom is -0.481 e. The predicted molar refractivity (Wildman–Crippen MR) is 50.2 cm³/mol. The maximum atomic E-state index is 10.9. The lowest BCUT2D eigenvalue weighted by molar-refractivity contribution is -0.162. The van der Waals surface area contributed by atoms with Crippen LogP contribution in [0.2, 0.25) is 0 Å². The van der Waals surface area contributed by atoms with Crippen LogP contribution in [0.5, 0.6) is 0 Å². The van der Waals surface area contributed by atoms with Crippen molar-refractivity contribution in [3.8, 4) is 0 Å². The first-order chi connectivity index (χ1) is 8.22. The number of aliphatic carboxylic acids is 2. The fraction of sp³-hybridized carbons (Fsp3) is 0.333. The highest BCUT2D eigenvalue weighted by Crippen LogP contribution is 1.97. The number of carbonyl (C=O) groups is 6. The summed E-state index contributed by atoms with van der Waals surface area (Å²) in [6.07, 6.45) is -3.00. The lowest BCUT2D eigenvalue weighted by Gasteiger charge is -2.00. The van der Waals surface area contributed by atoms with Crippen molar-refractivity contribution in [1.82, 2.24) is 0 Å². The minimum atomic E-state index is -1.86. The van der Waals surface area contributed by atoms with Crippen LogP contribution in [0.1, 0.15) is 19.3 Å². The average Bonchev–Trinajstić information content (AvgIpc) is 2.14. The van der Waals surface area contributed by atoms with Crippen LogP contribution in [-0.4, -0.2) is 45.7 Å². The average molecular weight is 260 g/mol. The Labute approximate surface area is 99.3 Å². The van der Waals surface area contributed by atoms with Gasteiger partial charge in [-0.3, -0.25) is 24.0 Å². The number of carboxylic acid groups (broad SMARTS) is 2. The molecule has 0 fully saturated rings. The summed E-state index contributed by atoms with van der Waals surface area (Å²) >= 11 is 0. The maximum absolute atomic E-state index is 10.9. The Kier molecular flexibility index (Phi) is 5.90. The zero-order valence-electron chi connectivity index (χ0n) is 8.87. The van der Waals surface area contributed by atoms with E-state index < -0.39 is 54.7 Å². The van der Waals surface area contributed by atoms with Crippen LogP contribution in [0.15, 0.2) is 0 Å². The van der Waals surface area contributed by atoms with Gasteiger partial charge in [0.05, 0.1) is 0 Å². The smallest absolute Gasteiger partial charge is 0.372 e. The van der Waals surface area contributed by atoms with Crippen molar-refractivity contribution in [2.24, 2.45) is 0 Å². The van der Waals surface area contributed by atoms with Gasteiger partial charge in [-0.1, -0.05) is 0 Å². The van der Waals surface area contributed by atoms with Crippen molar-refractivity contribution in [2.75, 3.05) is 0 Å². The van der Waals surface area contributed by atoms with Crippen molar-refractivity contribution >= 4 is 35.4 Å². The number of carboxylic acids is 2. The van der Waals surface area contributed by atoms with Gasteiger partial charge in [0.25, 0.3) is 5.78 Å². The molecular formula is C9H8O9. The highest BCUT2D eigenvalue weighted by atomic mass is 16.6. The van der Waals surface area contributed by atoms with Crippen molar-refractivity contribution in [3.05, 3.63) is 0 Å². The molecule has 0 rings (SSSR count). The molecule has 0 heterocycles. The van der Waals surface area contributed by atoms with Gasteiger partial charge in [0.15, 0.2) is 5.78 Å². The molecule has 0 bridgehead atoms. The Hall–Kier alpha value is -2.58. The third-order valence-electron chi connectivity index (χ3n) is 1.46. The predicted octanol–water partition coefficient (Wildman–Crippen LogP) is -1.47. The van der Waals surface area contributed by atoms with Gasteiger partial charge in [0.1, 0.15) is 19.3 Å². The van der Waals surface area contributed by atoms with Crippen LogP contribution in [0.25, 0.3) is 0 Å². The third-order valence-corrected chi connectivity index (χ3v) is 1.46. The van der Waals surface area contributed by atoms with E-state index in [2.05, 4.69) is 4.74 Å². The molecule has 0 unspecified atom stereocenters. The molecule has 0 saturated carbocycles. The zero-order chi connectivity index (χ0) is 14.3. The standard InChI is InChI=1S/C9H8O9/c10-4(1-6(12)13)2-7(14)18-8(15)3-5(11)9(16)17/h1-3H2,(H,12,13)(H,16,17). The summed E-state index contributed by atoms with van der Waals surface area (Å²) in [5, 5.41) is 16.4. The van der Waals surface area contributed by atoms with Gasteiger partial charge in [-0.15, -0.1) is 0 Å². The third kappa shape index (κ3) is 6.82. The largest absolute Gasteiger partial charge is 0.481 e. The Bertz CT molecular complexity index is 420. The number of ether oxygens (including phenoxy) is 1. The van der Waals surface area contributed by atoms with Gasteiger partial charge in [-0.2, -0.15) is 0 Å². The van der Waals surface area contributed by atoms with Crippen molar-refractivity contribution in [2.45, 2.75) is 19.3 Å². The van der Waals surface area contributed by atoms with E-state index in [9.17, 15) is 28.8 Å². The molecule has 0 aliphatic heterocycles. The van der Waals surface area contributed by atoms with E-state index >= 15 is 0 Å². The second-order valence-electron chi connectivity index (χ2n) is 3.04. The summed E-state index contributed by atoms with van der Waals surface area (Å²) in [6.45, 7) is 0. The van der Waals surface area contributed by atoms with Crippen LogP contribution in [0.4, 0.5) is 0 Å². The second-order valence-corrected chi connectivity index (χ2v) is 3.04. The van der Waals surface area contributed by atoms with E-state index in [-0.39, 0.29) is 0 Å². The van der Waals surface area contributed by atoms with E-state index in [1.54, 1.807) is 0 Å². The number of hydrogen-bond acceptors (Lipinski definition) is 7. The van der Waals surface area contributed by atoms with Gasteiger partial charge < -0.3 is 14.9 Å². The van der Waals surface area contributed by atoms with Gasteiger partial charge in [-0.25, -0.2) is 4.79 Å². The molecule has 9 nitrogen and oxygen atoms in total. The van der Waals surface area contributed by atoms with Crippen LogP contribution < -0.4 is 0 Å². The molecule has 0 aliphatic rings. The quantitative estimate of drug-likeness (QED) is 0.317. The summed E-state index contributed by atoms with van der Waals surface area (Å²) in [5.41, 5.74) is 0. The fourth-order valence-electron chi connectivity index (χ4n) is 0.798. The molecule has 0 radical (unpaired) electrons. The van der Waals surface area contributed by atoms with Gasteiger partial charge in [0.2, 0.25) is 0 Å². The SMILES string of the molecule is O=C(O)CC(=O)CC(=O)OC(=O)CC(=O)C(=O)O. The molecule has 18 heavy (non-hydrogen) atoms. The fourth-order valence-corrected chi connectivity index (χ4v) is 0.798. The molecule has 9 heteroatoms. The molecule has 0 amide bonds. The molecular weight excluding hydrogens is 252 g/mol. The number of esters is 2. The topological polar surface area (TPSA) is 152 Å². The minimum absolute atomic E-state index is 0.905. The van der Waals surface area contributed by atoms with E-state index in [0.717, 1.165) is 0 Å². The van der Waals surface area contributed by atoms with Crippen LogP contribution in [-0.2, 0) is 33.5 Å². The summed E-state index contributed by atoms with van der Waals surface area (Å²) in [4.78, 5) is 63.2. The molecule has 0 saturated heterocycles. The van der Waals surface area contributed by atoms with E-state index in [1.807, 2.05) is 0 Å². The van der Waals surface area contributed by atoms with Gasteiger partial charge >= 0.3 is 23.9 Å². The molecule has 0 aromatic rings. The summed E-state index contributed by atoms with van der Waals surface area (Å²) in [6, 6.07) is 0. The molecule has 0 aliphatic carbocycles. The highest BCUT2D eigenvalue weighted by molar-refractivity contribution is 6.36. The van der Waals surface area contributed by atoms with Crippen LogP contribution >= 0.6 is 0 Å². The highest BCUT2D eigenvalue weighted by Gasteiger charge is 2.21. The molecule has 0 spiro atoms. The number of ketones is 2. The maximum Gasteiger partial charge on any atom is 0.372 e. The molecule has 98 valence electrons. The van der Waals surface area contributed by atoms with Crippen molar-refractivity contribution in [3.63, 3.8) is 0 Å². The van der Waals surface area contributed by atoms with Gasteiger partial charge in [-0.05, 0) is 0 Å². The molecule has 0 aromatic carbocycles. The lowest BCUT2D eigenvalue weighted by Crippen LogP contribution is -2.22. The number of rotatable bonds is 7. The van der Waals surface area contributed by atoms with Crippen LogP contribution in [0, 0.1) is 0 Å². The first-order valence-electron chi connectivity index (χ1n) is 4.45. The Balaban J connectivity index is 4.13. The van der Waals surface area contributed by atoms with E-state index in [1.165, 1.54) is 0 Å². The zero-order valence-corrected chi connectivity index (χ0v) is 8.87.